The second-order valence-electron chi connectivity index (χ2n) is 5.49. The van der Waals surface area contributed by atoms with Crippen molar-refractivity contribution in [1.82, 2.24) is 10.2 Å². The summed E-state index contributed by atoms with van der Waals surface area (Å²) in [6.07, 6.45) is 7.83. The van der Waals surface area contributed by atoms with Crippen LogP contribution in [0.2, 0.25) is 0 Å². The highest BCUT2D eigenvalue weighted by molar-refractivity contribution is 4.82. The summed E-state index contributed by atoms with van der Waals surface area (Å²) in [6, 6.07) is 1.52. The van der Waals surface area contributed by atoms with Crippen molar-refractivity contribution < 1.29 is 4.74 Å². The molecule has 1 atom stereocenters. The van der Waals surface area contributed by atoms with E-state index >= 15 is 0 Å². The number of hydrogen-bond donors (Lipinski definition) is 1. The van der Waals surface area contributed by atoms with Crippen LogP contribution in [0.3, 0.4) is 0 Å². The number of nitrogens with zero attached hydrogens (tertiary/aromatic N) is 1. The minimum Gasteiger partial charge on any atom is -0.381 e. The number of ether oxygens (including phenoxy) is 1. The van der Waals surface area contributed by atoms with Gasteiger partial charge in [0.05, 0.1) is 0 Å². The molecule has 0 aromatic carbocycles. The third-order valence-corrected chi connectivity index (χ3v) is 4.12. The first-order valence-corrected chi connectivity index (χ1v) is 7.45. The van der Waals surface area contributed by atoms with Gasteiger partial charge in [-0.15, -0.1) is 0 Å². The first-order chi connectivity index (χ1) is 8.40. The molecular weight excluding hydrogens is 212 g/mol. The van der Waals surface area contributed by atoms with E-state index in [1.54, 1.807) is 0 Å². The molecule has 0 saturated carbocycles. The van der Waals surface area contributed by atoms with Crippen molar-refractivity contribution in [2.75, 3.05) is 32.8 Å². The molecule has 2 saturated heterocycles. The Balaban J connectivity index is 1.81. The normalized spacial score (nSPS) is 26.8. The fourth-order valence-corrected chi connectivity index (χ4v) is 3.03. The van der Waals surface area contributed by atoms with Crippen LogP contribution in [-0.2, 0) is 4.74 Å². The van der Waals surface area contributed by atoms with Crippen LogP contribution in [0.4, 0.5) is 0 Å². The number of rotatable bonds is 6. The second kappa shape index (κ2) is 7.34. The highest BCUT2D eigenvalue weighted by atomic mass is 16.5. The molecule has 0 amide bonds. The summed E-state index contributed by atoms with van der Waals surface area (Å²) in [5, 5.41) is 3.63. The van der Waals surface area contributed by atoms with Gasteiger partial charge in [-0.05, 0) is 45.2 Å². The van der Waals surface area contributed by atoms with Gasteiger partial charge in [0.1, 0.15) is 0 Å². The molecule has 0 aliphatic carbocycles. The molecule has 0 aromatic heterocycles. The fraction of sp³-hybridized carbons (Fsp3) is 1.00. The fourth-order valence-electron chi connectivity index (χ4n) is 3.03. The summed E-state index contributed by atoms with van der Waals surface area (Å²) in [5.74, 6) is 0. The molecule has 2 aliphatic rings. The lowest BCUT2D eigenvalue weighted by Gasteiger charge is -2.36. The Kier molecular flexibility index (Phi) is 5.75. The molecule has 0 spiro atoms. The van der Waals surface area contributed by atoms with Gasteiger partial charge in [-0.2, -0.15) is 0 Å². The quantitative estimate of drug-likeness (QED) is 0.769. The van der Waals surface area contributed by atoms with E-state index in [0.29, 0.717) is 0 Å². The van der Waals surface area contributed by atoms with Gasteiger partial charge in [-0.1, -0.05) is 13.3 Å². The summed E-state index contributed by atoms with van der Waals surface area (Å²) in [7, 11) is 0. The maximum Gasteiger partial charge on any atom is 0.0480 e. The SMILES string of the molecule is CCCCN(CC1CCCN1)C1CCOCC1. The van der Waals surface area contributed by atoms with E-state index in [-0.39, 0.29) is 0 Å². The Labute approximate surface area is 106 Å². The highest BCUT2D eigenvalue weighted by Gasteiger charge is 2.24. The van der Waals surface area contributed by atoms with Gasteiger partial charge in [0.2, 0.25) is 0 Å². The van der Waals surface area contributed by atoms with Crippen LogP contribution < -0.4 is 5.32 Å². The van der Waals surface area contributed by atoms with Gasteiger partial charge >= 0.3 is 0 Å². The van der Waals surface area contributed by atoms with E-state index in [2.05, 4.69) is 17.1 Å². The van der Waals surface area contributed by atoms with E-state index in [0.717, 1.165) is 25.3 Å². The van der Waals surface area contributed by atoms with E-state index < -0.39 is 0 Å². The van der Waals surface area contributed by atoms with Gasteiger partial charge in [0.25, 0.3) is 0 Å². The van der Waals surface area contributed by atoms with Crippen molar-refractivity contribution in [2.45, 2.75) is 57.5 Å². The molecule has 0 aromatic rings. The lowest BCUT2D eigenvalue weighted by atomic mass is 10.0. The predicted octanol–water partition coefficient (Wildman–Crippen LogP) is 2.02. The average Bonchev–Trinajstić information content (AvgIpc) is 2.88. The standard InChI is InChI=1S/C14H28N2O/c1-2-3-9-16(12-13-5-4-8-15-13)14-6-10-17-11-7-14/h13-15H,2-12H2,1H3. The smallest absolute Gasteiger partial charge is 0.0480 e. The van der Waals surface area contributed by atoms with Crippen molar-refractivity contribution in [2.24, 2.45) is 0 Å². The molecule has 0 bridgehead atoms. The van der Waals surface area contributed by atoms with Gasteiger partial charge in [-0.25, -0.2) is 0 Å². The first kappa shape index (κ1) is 13.3. The second-order valence-corrected chi connectivity index (χ2v) is 5.49. The molecule has 0 radical (unpaired) electrons. The number of hydrogen-bond acceptors (Lipinski definition) is 3. The molecule has 100 valence electrons. The van der Waals surface area contributed by atoms with Crippen molar-refractivity contribution >= 4 is 0 Å². The Morgan fingerprint density at radius 1 is 1.24 bits per heavy atom. The molecule has 17 heavy (non-hydrogen) atoms. The van der Waals surface area contributed by atoms with Gasteiger partial charge in [0, 0.05) is 31.8 Å². The summed E-state index contributed by atoms with van der Waals surface area (Å²) in [5.41, 5.74) is 0. The molecule has 3 nitrogen and oxygen atoms in total. The third kappa shape index (κ3) is 4.23. The van der Waals surface area contributed by atoms with Crippen LogP contribution in [0.1, 0.15) is 45.4 Å². The minimum atomic E-state index is 0.745. The molecule has 1 N–H and O–H groups in total. The van der Waals surface area contributed by atoms with Crippen molar-refractivity contribution in [3.05, 3.63) is 0 Å². The predicted molar refractivity (Wildman–Crippen MR) is 71.3 cm³/mol. The van der Waals surface area contributed by atoms with Crippen LogP contribution in [-0.4, -0.2) is 49.8 Å². The molecule has 1 unspecified atom stereocenters. The van der Waals surface area contributed by atoms with Gasteiger partial charge < -0.3 is 10.1 Å². The molecule has 2 fully saturated rings. The number of nitrogens with one attached hydrogen (secondary N) is 1. The first-order valence-electron chi connectivity index (χ1n) is 7.45. The maximum atomic E-state index is 5.48. The zero-order valence-corrected chi connectivity index (χ0v) is 11.3. The van der Waals surface area contributed by atoms with E-state index in [1.807, 2.05) is 0 Å². The Bertz CT molecular complexity index is 198. The summed E-state index contributed by atoms with van der Waals surface area (Å²) >= 11 is 0. The molecule has 3 heteroatoms. The topological polar surface area (TPSA) is 24.5 Å². The Morgan fingerprint density at radius 2 is 2.06 bits per heavy atom. The summed E-state index contributed by atoms with van der Waals surface area (Å²) in [4.78, 5) is 2.73. The van der Waals surface area contributed by atoms with E-state index in [1.165, 1.54) is 58.2 Å². The van der Waals surface area contributed by atoms with Crippen LogP contribution in [0, 0.1) is 0 Å². The van der Waals surface area contributed by atoms with Crippen LogP contribution in [0.25, 0.3) is 0 Å². The van der Waals surface area contributed by atoms with E-state index in [9.17, 15) is 0 Å². The van der Waals surface area contributed by atoms with Crippen molar-refractivity contribution in [3.8, 4) is 0 Å². The minimum absolute atomic E-state index is 0.745. The Morgan fingerprint density at radius 3 is 2.71 bits per heavy atom. The lowest BCUT2D eigenvalue weighted by molar-refractivity contribution is 0.0307. The van der Waals surface area contributed by atoms with Crippen molar-refractivity contribution in [1.29, 1.82) is 0 Å². The third-order valence-electron chi connectivity index (χ3n) is 4.12. The summed E-state index contributed by atoms with van der Waals surface area (Å²) in [6.45, 7) is 7.97. The lowest BCUT2D eigenvalue weighted by Crippen LogP contribution is -2.46. The molecule has 2 heterocycles. The maximum absolute atomic E-state index is 5.48. The van der Waals surface area contributed by atoms with Gasteiger partial charge in [0.15, 0.2) is 0 Å². The molecular formula is C14H28N2O. The molecule has 2 rings (SSSR count). The summed E-state index contributed by atoms with van der Waals surface area (Å²) < 4.78 is 5.48. The van der Waals surface area contributed by atoms with Crippen molar-refractivity contribution in [3.63, 3.8) is 0 Å². The van der Waals surface area contributed by atoms with Crippen LogP contribution >= 0.6 is 0 Å². The van der Waals surface area contributed by atoms with Crippen LogP contribution in [0.5, 0.6) is 0 Å². The monoisotopic (exact) mass is 240 g/mol. The highest BCUT2D eigenvalue weighted by Crippen LogP contribution is 2.17. The zero-order valence-electron chi connectivity index (χ0n) is 11.3. The largest absolute Gasteiger partial charge is 0.381 e. The van der Waals surface area contributed by atoms with Crippen LogP contribution in [0.15, 0.2) is 0 Å². The average molecular weight is 240 g/mol. The van der Waals surface area contributed by atoms with Gasteiger partial charge in [-0.3, -0.25) is 4.90 Å². The number of unbranched alkanes of at least 4 members (excludes halogenated alkanes) is 1. The Hall–Kier alpha value is -0.120. The van der Waals surface area contributed by atoms with E-state index in [4.69, 9.17) is 4.74 Å². The zero-order chi connectivity index (χ0) is 11.9. The molecule has 2 aliphatic heterocycles.